The van der Waals surface area contributed by atoms with Gasteiger partial charge >= 0.3 is 0 Å². The normalized spacial score (nSPS) is 12.5. The van der Waals surface area contributed by atoms with Crippen LogP contribution in [-0.4, -0.2) is 19.1 Å². The minimum Gasteiger partial charge on any atom is -0.496 e. The summed E-state index contributed by atoms with van der Waals surface area (Å²) < 4.78 is 5.31. The Bertz CT molecular complexity index is 402. The first-order chi connectivity index (χ1) is 7.95. The standard InChI is InChI=1S/C13H20N2O2/c1-8(2)9-4-5-10(12(7-9)17-3)6-11(14)13(15)16/h4-5,7-8,11H,6,14H2,1-3H3,(H2,15,16). The molecule has 1 rings (SSSR count). The van der Waals surface area contributed by atoms with Crippen LogP contribution in [0.2, 0.25) is 0 Å². The van der Waals surface area contributed by atoms with Crippen LogP contribution in [0, 0.1) is 0 Å². The number of carbonyl (C=O) groups excluding carboxylic acids is 1. The lowest BCUT2D eigenvalue weighted by atomic mass is 9.98. The zero-order valence-corrected chi connectivity index (χ0v) is 10.6. The topological polar surface area (TPSA) is 78.3 Å². The van der Waals surface area contributed by atoms with Crippen molar-refractivity contribution in [3.8, 4) is 5.75 Å². The van der Waals surface area contributed by atoms with E-state index < -0.39 is 11.9 Å². The van der Waals surface area contributed by atoms with Crippen LogP contribution in [0.15, 0.2) is 18.2 Å². The van der Waals surface area contributed by atoms with Crippen LogP contribution in [0.1, 0.15) is 30.9 Å². The van der Waals surface area contributed by atoms with E-state index in [-0.39, 0.29) is 0 Å². The molecule has 94 valence electrons. The van der Waals surface area contributed by atoms with Crippen LogP contribution in [0.4, 0.5) is 0 Å². The molecule has 4 heteroatoms. The summed E-state index contributed by atoms with van der Waals surface area (Å²) in [6.07, 6.45) is 0.400. The van der Waals surface area contributed by atoms with Crippen molar-refractivity contribution in [3.63, 3.8) is 0 Å². The largest absolute Gasteiger partial charge is 0.496 e. The summed E-state index contributed by atoms with van der Waals surface area (Å²) in [6, 6.07) is 5.27. The van der Waals surface area contributed by atoms with Gasteiger partial charge in [0.2, 0.25) is 5.91 Å². The van der Waals surface area contributed by atoms with Gasteiger partial charge < -0.3 is 16.2 Å². The highest BCUT2D eigenvalue weighted by Gasteiger charge is 2.14. The molecule has 0 radical (unpaired) electrons. The Balaban J connectivity index is 2.96. The summed E-state index contributed by atoms with van der Waals surface area (Å²) in [5, 5.41) is 0. The molecule has 0 saturated heterocycles. The molecule has 0 bridgehead atoms. The predicted octanol–water partition coefficient (Wildman–Crippen LogP) is 1.17. The number of hydrogen-bond acceptors (Lipinski definition) is 3. The van der Waals surface area contributed by atoms with Gasteiger partial charge in [-0.1, -0.05) is 26.0 Å². The fourth-order valence-electron chi connectivity index (χ4n) is 1.63. The Morgan fingerprint density at radius 2 is 2.06 bits per heavy atom. The second kappa shape index (κ2) is 5.68. The van der Waals surface area contributed by atoms with Gasteiger partial charge in [0.25, 0.3) is 0 Å². The summed E-state index contributed by atoms with van der Waals surface area (Å²) in [7, 11) is 1.61. The summed E-state index contributed by atoms with van der Waals surface area (Å²) >= 11 is 0. The first kappa shape index (κ1) is 13.5. The third kappa shape index (κ3) is 3.46. The van der Waals surface area contributed by atoms with E-state index in [0.29, 0.717) is 12.3 Å². The average Bonchev–Trinajstić information content (AvgIpc) is 2.28. The third-order valence-corrected chi connectivity index (χ3v) is 2.78. The highest BCUT2D eigenvalue weighted by molar-refractivity contribution is 5.80. The molecule has 0 fully saturated rings. The van der Waals surface area contributed by atoms with Crippen molar-refractivity contribution in [1.29, 1.82) is 0 Å². The summed E-state index contributed by atoms with van der Waals surface area (Å²) in [5.41, 5.74) is 12.9. The third-order valence-electron chi connectivity index (χ3n) is 2.78. The second-order valence-electron chi connectivity index (χ2n) is 4.44. The Morgan fingerprint density at radius 3 is 2.53 bits per heavy atom. The van der Waals surface area contributed by atoms with E-state index >= 15 is 0 Å². The van der Waals surface area contributed by atoms with Crippen molar-refractivity contribution in [3.05, 3.63) is 29.3 Å². The van der Waals surface area contributed by atoms with E-state index in [1.54, 1.807) is 7.11 Å². The lowest BCUT2D eigenvalue weighted by Crippen LogP contribution is -2.38. The first-order valence-corrected chi connectivity index (χ1v) is 5.67. The van der Waals surface area contributed by atoms with Crippen LogP contribution in [0.5, 0.6) is 5.75 Å². The molecule has 1 unspecified atom stereocenters. The molecule has 4 nitrogen and oxygen atoms in total. The molecular formula is C13H20N2O2. The molecule has 1 amide bonds. The van der Waals surface area contributed by atoms with Gasteiger partial charge in [0, 0.05) is 6.42 Å². The fourth-order valence-corrected chi connectivity index (χ4v) is 1.63. The molecule has 4 N–H and O–H groups in total. The van der Waals surface area contributed by atoms with Crippen molar-refractivity contribution in [2.75, 3.05) is 7.11 Å². The van der Waals surface area contributed by atoms with Gasteiger partial charge in [-0.2, -0.15) is 0 Å². The summed E-state index contributed by atoms with van der Waals surface area (Å²) in [4.78, 5) is 10.9. The number of rotatable bonds is 5. The minimum atomic E-state index is -0.672. The minimum absolute atomic E-state index is 0.400. The van der Waals surface area contributed by atoms with Gasteiger partial charge in [-0.25, -0.2) is 0 Å². The Hall–Kier alpha value is -1.55. The molecule has 0 spiro atoms. The summed E-state index contributed by atoms with van der Waals surface area (Å²) in [6.45, 7) is 4.23. The van der Waals surface area contributed by atoms with E-state index in [1.165, 1.54) is 5.56 Å². The van der Waals surface area contributed by atoms with Gasteiger partial charge in [-0.05, 0) is 23.1 Å². The maximum atomic E-state index is 10.9. The van der Waals surface area contributed by atoms with E-state index in [1.807, 2.05) is 18.2 Å². The average molecular weight is 236 g/mol. The highest BCUT2D eigenvalue weighted by Crippen LogP contribution is 2.25. The van der Waals surface area contributed by atoms with E-state index in [9.17, 15) is 4.79 Å². The van der Waals surface area contributed by atoms with Gasteiger partial charge in [-0.3, -0.25) is 4.79 Å². The van der Waals surface area contributed by atoms with Crippen molar-refractivity contribution >= 4 is 5.91 Å². The SMILES string of the molecule is COc1cc(C(C)C)ccc1CC(N)C(N)=O. The lowest BCUT2D eigenvalue weighted by Gasteiger charge is -2.14. The number of primary amides is 1. The van der Waals surface area contributed by atoms with Crippen LogP contribution in [0.25, 0.3) is 0 Å². The molecule has 17 heavy (non-hydrogen) atoms. The van der Waals surface area contributed by atoms with Crippen molar-refractivity contribution in [1.82, 2.24) is 0 Å². The molecular weight excluding hydrogens is 216 g/mol. The molecule has 0 aromatic heterocycles. The van der Waals surface area contributed by atoms with Crippen molar-refractivity contribution < 1.29 is 9.53 Å². The van der Waals surface area contributed by atoms with Gasteiger partial charge in [0.05, 0.1) is 13.2 Å². The molecule has 0 aliphatic rings. The summed E-state index contributed by atoms with van der Waals surface area (Å²) in [5.74, 6) is 0.690. The molecule has 0 aliphatic heterocycles. The van der Waals surface area contributed by atoms with Crippen molar-refractivity contribution in [2.24, 2.45) is 11.5 Å². The highest BCUT2D eigenvalue weighted by atomic mass is 16.5. The Kier molecular flexibility index (Phi) is 4.52. The number of benzene rings is 1. The smallest absolute Gasteiger partial charge is 0.234 e. The number of methoxy groups -OCH3 is 1. The quantitative estimate of drug-likeness (QED) is 0.805. The van der Waals surface area contributed by atoms with E-state index in [0.717, 1.165) is 11.3 Å². The molecule has 1 aromatic carbocycles. The van der Waals surface area contributed by atoms with Crippen LogP contribution >= 0.6 is 0 Å². The molecule has 0 heterocycles. The molecule has 0 aliphatic carbocycles. The molecule has 0 saturated carbocycles. The monoisotopic (exact) mass is 236 g/mol. The fraction of sp³-hybridized carbons (Fsp3) is 0.462. The Labute approximate surface area is 102 Å². The molecule has 1 atom stereocenters. The Morgan fingerprint density at radius 1 is 1.41 bits per heavy atom. The van der Waals surface area contributed by atoms with Crippen LogP contribution in [-0.2, 0) is 11.2 Å². The zero-order chi connectivity index (χ0) is 13.0. The van der Waals surface area contributed by atoms with Gasteiger partial charge in [0.1, 0.15) is 5.75 Å². The van der Waals surface area contributed by atoms with Gasteiger partial charge in [-0.15, -0.1) is 0 Å². The predicted molar refractivity (Wildman–Crippen MR) is 68.0 cm³/mol. The van der Waals surface area contributed by atoms with E-state index in [4.69, 9.17) is 16.2 Å². The van der Waals surface area contributed by atoms with Crippen molar-refractivity contribution in [2.45, 2.75) is 32.2 Å². The van der Waals surface area contributed by atoms with Crippen LogP contribution < -0.4 is 16.2 Å². The maximum absolute atomic E-state index is 10.9. The number of hydrogen-bond donors (Lipinski definition) is 2. The lowest BCUT2D eigenvalue weighted by molar-refractivity contribution is -0.119. The zero-order valence-electron chi connectivity index (χ0n) is 10.6. The number of carbonyl (C=O) groups is 1. The number of nitrogens with two attached hydrogens (primary N) is 2. The van der Waals surface area contributed by atoms with E-state index in [2.05, 4.69) is 13.8 Å². The maximum Gasteiger partial charge on any atom is 0.234 e. The number of ether oxygens (including phenoxy) is 1. The first-order valence-electron chi connectivity index (χ1n) is 5.67. The number of amides is 1. The second-order valence-corrected chi connectivity index (χ2v) is 4.44. The van der Waals surface area contributed by atoms with Crippen LogP contribution in [0.3, 0.4) is 0 Å². The van der Waals surface area contributed by atoms with Gasteiger partial charge in [0.15, 0.2) is 0 Å². The molecule has 1 aromatic rings.